The number of para-hydroxylation sites is 1. The van der Waals surface area contributed by atoms with Crippen molar-refractivity contribution in [2.45, 2.75) is 44.6 Å². The van der Waals surface area contributed by atoms with Crippen molar-refractivity contribution >= 4 is 5.91 Å². The first kappa shape index (κ1) is 18.0. The fourth-order valence-electron chi connectivity index (χ4n) is 4.21. The van der Waals surface area contributed by atoms with Gasteiger partial charge in [-0.1, -0.05) is 24.6 Å². The Kier molecular flexibility index (Phi) is 5.38. The van der Waals surface area contributed by atoms with Gasteiger partial charge in [0.05, 0.1) is 11.7 Å². The van der Waals surface area contributed by atoms with E-state index in [2.05, 4.69) is 15.5 Å². The van der Waals surface area contributed by atoms with Crippen molar-refractivity contribution in [3.05, 3.63) is 46.6 Å². The highest BCUT2D eigenvalue weighted by atomic mass is 16.2. The lowest BCUT2D eigenvalue weighted by molar-refractivity contribution is -0.135. The zero-order chi connectivity index (χ0) is 18.6. The van der Waals surface area contributed by atoms with E-state index in [1.54, 1.807) is 4.57 Å². The summed E-state index contributed by atoms with van der Waals surface area (Å²) in [6, 6.07) is 9.61. The first-order valence-corrected chi connectivity index (χ1v) is 9.96. The van der Waals surface area contributed by atoms with E-state index in [1.165, 1.54) is 6.42 Å². The third-order valence-corrected chi connectivity index (χ3v) is 5.76. The van der Waals surface area contributed by atoms with Crippen LogP contribution in [-0.2, 0) is 11.2 Å². The smallest absolute Gasteiger partial charge is 0.341 e. The van der Waals surface area contributed by atoms with Crippen LogP contribution in [0.3, 0.4) is 0 Å². The van der Waals surface area contributed by atoms with Gasteiger partial charge < -0.3 is 10.2 Å². The Balaban J connectivity index is 1.37. The molecule has 1 aromatic carbocycles. The van der Waals surface area contributed by atoms with E-state index in [9.17, 15) is 9.59 Å². The van der Waals surface area contributed by atoms with Gasteiger partial charge in [0.2, 0.25) is 5.91 Å². The van der Waals surface area contributed by atoms with Gasteiger partial charge in [0, 0.05) is 19.5 Å². The largest absolute Gasteiger partial charge is 0.347 e. The minimum atomic E-state index is -0.202. The second-order valence-electron chi connectivity index (χ2n) is 7.59. The standard InChI is InChI=1S/C20H27N5O2/c26-19(17-8-4-5-11-21-17)24-12-9-15(10-13-24)14-18-22-23-20(27)25(18)16-6-2-1-3-7-16/h1-3,6-7,15,17,21H,4-5,8-14H2,(H,23,27)/t17-/m0/s1. The Morgan fingerprint density at radius 3 is 2.59 bits per heavy atom. The van der Waals surface area contributed by atoms with Gasteiger partial charge in [-0.25, -0.2) is 14.5 Å². The number of aromatic amines is 1. The molecule has 27 heavy (non-hydrogen) atoms. The fraction of sp³-hybridized carbons (Fsp3) is 0.550. The van der Waals surface area contributed by atoms with Gasteiger partial charge in [-0.3, -0.25) is 4.79 Å². The average Bonchev–Trinajstić information content (AvgIpc) is 3.09. The van der Waals surface area contributed by atoms with Crippen molar-refractivity contribution in [3.8, 4) is 5.69 Å². The number of piperidine rings is 2. The van der Waals surface area contributed by atoms with Crippen LogP contribution < -0.4 is 11.0 Å². The van der Waals surface area contributed by atoms with Crippen LogP contribution in [0.25, 0.3) is 5.69 Å². The van der Waals surface area contributed by atoms with E-state index >= 15 is 0 Å². The minimum absolute atomic E-state index is 0.00454. The number of hydrogen-bond donors (Lipinski definition) is 2. The second-order valence-corrected chi connectivity index (χ2v) is 7.59. The predicted molar refractivity (Wildman–Crippen MR) is 103 cm³/mol. The molecule has 2 N–H and O–H groups in total. The fourth-order valence-corrected chi connectivity index (χ4v) is 4.21. The van der Waals surface area contributed by atoms with Crippen LogP contribution in [-0.4, -0.2) is 51.2 Å². The molecule has 2 aliphatic heterocycles. The van der Waals surface area contributed by atoms with E-state index in [0.717, 1.165) is 63.3 Å². The van der Waals surface area contributed by atoms with Crippen LogP contribution in [0.1, 0.15) is 37.9 Å². The maximum atomic E-state index is 12.7. The molecule has 2 aromatic rings. The number of carbonyl (C=O) groups excluding carboxylic acids is 1. The summed E-state index contributed by atoms with van der Waals surface area (Å²) in [5.74, 6) is 1.46. The van der Waals surface area contributed by atoms with Crippen LogP contribution in [0.5, 0.6) is 0 Å². The number of benzene rings is 1. The summed E-state index contributed by atoms with van der Waals surface area (Å²) in [7, 11) is 0. The molecule has 4 rings (SSSR count). The summed E-state index contributed by atoms with van der Waals surface area (Å²) in [5, 5.41) is 10.2. The first-order chi connectivity index (χ1) is 13.2. The number of hydrogen-bond acceptors (Lipinski definition) is 4. The predicted octanol–water partition coefficient (Wildman–Crippen LogP) is 1.48. The summed E-state index contributed by atoms with van der Waals surface area (Å²) in [6.45, 7) is 2.53. The molecule has 2 saturated heterocycles. The minimum Gasteiger partial charge on any atom is -0.341 e. The molecule has 0 radical (unpaired) electrons. The number of aromatic nitrogens is 3. The molecule has 1 aromatic heterocycles. The molecule has 3 heterocycles. The Hall–Kier alpha value is -2.41. The Bertz CT molecular complexity index is 814. The van der Waals surface area contributed by atoms with E-state index in [4.69, 9.17) is 0 Å². The lowest BCUT2D eigenvalue weighted by Gasteiger charge is -2.35. The summed E-state index contributed by atoms with van der Waals surface area (Å²) in [5.41, 5.74) is 0.634. The van der Waals surface area contributed by atoms with Gasteiger partial charge in [-0.05, 0) is 50.3 Å². The van der Waals surface area contributed by atoms with Crippen molar-refractivity contribution in [2.75, 3.05) is 19.6 Å². The molecule has 0 spiro atoms. The van der Waals surface area contributed by atoms with Gasteiger partial charge in [0.1, 0.15) is 5.82 Å². The number of nitrogens with zero attached hydrogens (tertiary/aromatic N) is 3. The van der Waals surface area contributed by atoms with E-state index in [1.807, 2.05) is 35.2 Å². The average molecular weight is 369 g/mol. The van der Waals surface area contributed by atoms with Crippen molar-refractivity contribution < 1.29 is 4.79 Å². The Morgan fingerprint density at radius 2 is 1.89 bits per heavy atom. The van der Waals surface area contributed by atoms with Crippen molar-refractivity contribution in [3.63, 3.8) is 0 Å². The SMILES string of the molecule is O=C([C@@H]1CCCCN1)N1CCC(Cc2n[nH]c(=O)n2-c2ccccc2)CC1. The molecule has 0 saturated carbocycles. The Labute approximate surface area is 158 Å². The highest BCUT2D eigenvalue weighted by Gasteiger charge is 2.29. The normalized spacial score (nSPS) is 21.3. The van der Waals surface area contributed by atoms with Gasteiger partial charge in [-0.2, -0.15) is 5.10 Å². The molecule has 0 aliphatic carbocycles. The molecular formula is C20H27N5O2. The summed E-state index contributed by atoms with van der Waals surface area (Å²) < 4.78 is 1.66. The van der Waals surface area contributed by atoms with Gasteiger partial charge in [0.25, 0.3) is 0 Å². The van der Waals surface area contributed by atoms with E-state index in [0.29, 0.717) is 5.92 Å². The molecule has 2 aliphatic rings. The number of carbonyl (C=O) groups is 1. The summed E-state index contributed by atoms with van der Waals surface area (Å²) >= 11 is 0. The molecule has 1 atom stereocenters. The van der Waals surface area contributed by atoms with Crippen LogP contribution >= 0.6 is 0 Å². The first-order valence-electron chi connectivity index (χ1n) is 9.96. The monoisotopic (exact) mass is 369 g/mol. The van der Waals surface area contributed by atoms with Crippen molar-refractivity contribution in [2.24, 2.45) is 5.92 Å². The highest BCUT2D eigenvalue weighted by Crippen LogP contribution is 2.23. The zero-order valence-corrected chi connectivity index (χ0v) is 15.6. The summed E-state index contributed by atoms with van der Waals surface area (Å²) in [4.78, 5) is 26.9. The molecule has 7 nitrogen and oxygen atoms in total. The van der Waals surface area contributed by atoms with Crippen LogP contribution in [0.15, 0.2) is 35.1 Å². The molecular weight excluding hydrogens is 342 g/mol. The molecule has 144 valence electrons. The number of amides is 1. The molecule has 0 bridgehead atoms. The molecule has 2 fully saturated rings. The highest BCUT2D eigenvalue weighted by molar-refractivity contribution is 5.82. The van der Waals surface area contributed by atoms with Gasteiger partial charge in [0.15, 0.2) is 0 Å². The maximum Gasteiger partial charge on any atom is 0.347 e. The van der Waals surface area contributed by atoms with E-state index in [-0.39, 0.29) is 17.6 Å². The zero-order valence-electron chi connectivity index (χ0n) is 15.6. The molecule has 1 amide bonds. The van der Waals surface area contributed by atoms with Crippen LogP contribution in [0.2, 0.25) is 0 Å². The third-order valence-electron chi connectivity index (χ3n) is 5.76. The van der Waals surface area contributed by atoms with E-state index < -0.39 is 0 Å². The van der Waals surface area contributed by atoms with Gasteiger partial charge >= 0.3 is 5.69 Å². The third kappa shape index (κ3) is 3.98. The summed E-state index contributed by atoms with van der Waals surface area (Å²) in [6.07, 6.45) is 5.91. The number of rotatable bonds is 4. The van der Waals surface area contributed by atoms with Crippen LogP contribution in [0.4, 0.5) is 0 Å². The van der Waals surface area contributed by atoms with Gasteiger partial charge in [-0.15, -0.1) is 0 Å². The van der Waals surface area contributed by atoms with Crippen molar-refractivity contribution in [1.29, 1.82) is 0 Å². The number of nitrogens with one attached hydrogen (secondary N) is 2. The lowest BCUT2D eigenvalue weighted by Crippen LogP contribution is -2.50. The number of H-pyrrole nitrogens is 1. The lowest BCUT2D eigenvalue weighted by atomic mass is 9.92. The Morgan fingerprint density at radius 1 is 1.11 bits per heavy atom. The molecule has 0 unspecified atom stereocenters. The van der Waals surface area contributed by atoms with Crippen LogP contribution in [0, 0.1) is 5.92 Å². The second kappa shape index (κ2) is 8.08. The van der Waals surface area contributed by atoms with Crippen molar-refractivity contribution in [1.82, 2.24) is 25.0 Å². The maximum absolute atomic E-state index is 12.7. The topological polar surface area (TPSA) is 83.0 Å². The molecule has 7 heteroatoms. The number of likely N-dealkylation sites (tertiary alicyclic amines) is 1. The quantitative estimate of drug-likeness (QED) is 0.855.